The number of benzene rings is 2. The Bertz CT molecular complexity index is 813. The van der Waals surface area contributed by atoms with Gasteiger partial charge in [0, 0.05) is 21.4 Å². The molecule has 1 aromatic heterocycles. The molecule has 0 radical (unpaired) electrons. The monoisotopic (exact) mass is 294 g/mol. The number of thioether (sulfide) groups is 1. The SMILES string of the molecule is CSc1ccc(-c2cc(C(=O)[O-])c3ccccc3n2)cc1. The van der Waals surface area contributed by atoms with Crippen molar-refractivity contribution >= 4 is 28.6 Å². The Morgan fingerprint density at radius 3 is 2.48 bits per heavy atom. The van der Waals surface area contributed by atoms with Crippen LogP contribution in [-0.2, 0) is 0 Å². The summed E-state index contributed by atoms with van der Waals surface area (Å²) in [6.07, 6.45) is 2.01. The Morgan fingerprint density at radius 2 is 1.81 bits per heavy atom. The fraction of sp³-hybridized carbons (Fsp3) is 0.0588. The molecule has 0 atom stereocenters. The average Bonchev–Trinajstić information content (AvgIpc) is 2.53. The van der Waals surface area contributed by atoms with Gasteiger partial charge >= 0.3 is 0 Å². The normalized spacial score (nSPS) is 10.7. The lowest BCUT2D eigenvalue weighted by molar-refractivity contribution is -0.254. The maximum atomic E-state index is 11.4. The van der Waals surface area contributed by atoms with Gasteiger partial charge in [0.2, 0.25) is 0 Å². The molecule has 3 rings (SSSR count). The molecule has 0 aliphatic heterocycles. The first-order chi connectivity index (χ1) is 10.2. The highest BCUT2D eigenvalue weighted by atomic mass is 32.2. The van der Waals surface area contributed by atoms with E-state index in [1.165, 1.54) is 0 Å². The zero-order valence-corrected chi connectivity index (χ0v) is 12.2. The van der Waals surface area contributed by atoms with Crippen LogP contribution in [0.25, 0.3) is 22.2 Å². The lowest BCUT2D eigenvalue weighted by atomic mass is 10.0. The largest absolute Gasteiger partial charge is 0.545 e. The number of nitrogens with zero attached hydrogens (tertiary/aromatic N) is 1. The molecule has 0 spiro atoms. The Labute approximate surface area is 126 Å². The summed E-state index contributed by atoms with van der Waals surface area (Å²) in [4.78, 5) is 17.1. The molecule has 3 aromatic rings. The summed E-state index contributed by atoms with van der Waals surface area (Å²) in [6, 6.07) is 16.6. The number of aromatic nitrogens is 1. The quantitative estimate of drug-likeness (QED) is 0.697. The van der Waals surface area contributed by atoms with Crippen LogP contribution in [0.5, 0.6) is 0 Å². The first kappa shape index (κ1) is 13.6. The molecule has 104 valence electrons. The first-order valence-corrected chi connectivity index (χ1v) is 7.67. The second-order valence-electron chi connectivity index (χ2n) is 4.59. The molecule has 0 aliphatic rings. The summed E-state index contributed by atoms with van der Waals surface area (Å²) in [5.41, 5.74) is 2.36. The van der Waals surface area contributed by atoms with Gasteiger partial charge in [0.25, 0.3) is 0 Å². The Morgan fingerprint density at radius 1 is 1.10 bits per heavy atom. The number of carboxylic acid groups (broad SMARTS) is 1. The number of hydrogen-bond donors (Lipinski definition) is 0. The summed E-state index contributed by atoms with van der Waals surface area (Å²) >= 11 is 1.66. The molecule has 0 bridgehead atoms. The number of pyridine rings is 1. The molecular weight excluding hydrogens is 282 g/mol. The predicted octanol–water partition coefficient (Wildman–Crippen LogP) is 2.99. The number of aromatic carboxylic acids is 1. The van der Waals surface area contributed by atoms with Crippen LogP contribution in [-0.4, -0.2) is 17.2 Å². The second kappa shape index (κ2) is 5.58. The summed E-state index contributed by atoms with van der Waals surface area (Å²) in [7, 11) is 0. The van der Waals surface area contributed by atoms with Crippen molar-refractivity contribution in [1.82, 2.24) is 4.98 Å². The van der Waals surface area contributed by atoms with E-state index in [1.807, 2.05) is 42.7 Å². The maximum Gasteiger partial charge on any atom is 0.0722 e. The molecule has 21 heavy (non-hydrogen) atoms. The van der Waals surface area contributed by atoms with Gasteiger partial charge in [-0.25, -0.2) is 4.98 Å². The van der Waals surface area contributed by atoms with Gasteiger partial charge in [0.1, 0.15) is 0 Å². The molecule has 0 saturated carbocycles. The van der Waals surface area contributed by atoms with E-state index in [4.69, 9.17) is 0 Å². The van der Waals surface area contributed by atoms with Crippen molar-refractivity contribution in [3.8, 4) is 11.3 Å². The van der Waals surface area contributed by atoms with E-state index in [0.717, 1.165) is 10.5 Å². The molecule has 0 aliphatic carbocycles. The number of carbonyl (C=O) groups excluding carboxylic acids is 1. The van der Waals surface area contributed by atoms with Crippen LogP contribution in [0.2, 0.25) is 0 Å². The predicted molar refractivity (Wildman–Crippen MR) is 83.3 cm³/mol. The number of hydrogen-bond acceptors (Lipinski definition) is 4. The minimum atomic E-state index is -1.18. The minimum absolute atomic E-state index is 0.171. The molecule has 0 unspecified atom stereocenters. The van der Waals surface area contributed by atoms with Gasteiger partial charge in [-0.05, 0) is 30.5 Å². The zero-order chi connectivity index (χ0) is 14.8. The molecule has 2 aromatic carbocycles. The van der Waals surface area contributed by atoms with Crippen molar-refractivity contribution in [1.29, 1.82) is 0 Å². The van der Waals surface area contributed by atoms with Crippen molar-refractivity contribution < 1.29 is 9.90 Å². The van der Waals surface area contributed by atoms with Crippen LogP contribution in [0, 0.1) is 0 Å². The van der Waals surface area contributed by atoms with Gasteiger partial charge in [-0.15, -0.1) is 11.8 Å². The first-order valence-electron chi connectivity index (χ1n) is 6.44. The molecule has 0 fully saturated rings. The van der Waals surface area contributed by atoms with Gasteiger partial charge in [0.15, 0.2) is 0 Å². The smallest absolute Gasteiger partial charge is 0.0722 e. The number of para-hydroxylation sites is 1. The lowest BCUT2D eigenvalue weighted by Gasteiger charge is -2.10. The van der Waals surface area contributed by atoms with E-state index in [2.05, 4.69) is 4.98 Å². The molecule has 0 saturated heterocycles. The summed E-state index contributed by atoms with van der Waals surface area (Å²) in [5, 5.41) is 12.0. The molecule has 0 N–H and O–H groups in total. The van der Waals surface area contributed by atoms with Crippen LogP contribution < -0.4 is 5.11 Å². The standard InChI is InChI=1S/C17H13NO2S/c1-21-12-8-6-11(7-9-12)16-10-14(17(19)20)13-4-2-3-5-15(13)18-16/h2-10H,1H3,(H,19,20)/p-1. The number of carbonyl (C=O) groups is 1. The summed E-state index contributed by atoms with van der Waals surface area (Å²) in [5.74, 6) is -1.18. The van der Waals surface area contributed by atoms with Gasteiger partial charge < -0.3 is 9.90 Å². The minimum Gasteiger partial charge on any atom is -0.545 e. The Kier molecular flexibility index (Phi) is 3.62. The van der Waals surface area contributed by atoms with Gasteiger partial charge in [-0.3, -0.25) is 0 Å². The fourth-order valence-corrected chi connectivity index (χ4v) is 2.66. The molecule has 4 heteroatoms. The third-order valence-electron chi connectivity index (χ3n) is 3.32. The number of rotatable bonds is 3. The molecule has 0 amide bonds. The Balaban J connectivity index is 2.20. The van der Waals surface area contributed by atoms with E-state index in [1.54, 1.807) is 30.0 Å². The highest BCUT2D eigenvalue weighted by Gasteiger charge is 2.08. The van der Waals surface area contributed by atoms with Crippen molar-refractivity contribution in [2.45, 2.75) is 4.90 Å². The van der Waals surface area contributed by atoms with Gasteiger partial charge in [-0.1, -0.05) is 30.3 Å². The van der Waals surface area contributed by atoms with E-state index in [0.29, 0.717) is 16.6 Å². The van der Waals surface area contributed by atoms with E-state index < -0.39 is 5.97 Å². The van der Waals surface area contributed by atoms with E-state index in [9.17, 15) is 9.90 Å². The molecule has 1 heterocycles. The van der Waals surface area contributed by atoms with E-state index >= 15 is 0 Å². The van der Waals surface area contributed by atoms with Crippen LogP contribution in [0.1, 0.15) is 10.4 Å². The van der Waals surface area contributed by atoms with Crippen molar-refractivity contribution in [2.75, 3.05) is 6.26 Å². The van der Waals surface area contributed by atoms with Crippen LogP contribution in [0.4, 0.5) is 0 Å². The van der Waals surface area contributed by atoms with Crippen molar-refractivity contribution in [3.63, 3.8) is 0 Å². The van der Waals surface area contributed by atoms with Crippen molar-refractivity contribution in [2.24, 2.45) is 0 Å². The maximum absolute atomic E-state index is 11.4. The fourth-order valence-electron chi connectivity index (χ4n) is 2.25. The molecular formula is C17H12NO2S-. The average molecular weight is 294 g/mol. The van der Waals surface area contributed by atoms with Crippen LogP contribution >= 0.6 is 11.8 Å². The molecule has 3 nitrogen and oxygen atoms in total. The Hall–Kier alpha value is -2.33. The van der Waals surface area contributed by atoms with Crippen LogP contribution in [0.15, 0.2) is 59.5 Å². The summed E-state index contributed by atoms with van der Waals surface area (Å²) < 4.78 is 0. The van der Waals surface area contributed by atoms with E-state index in [-0.39, 0.29) is 5.56 Å². The number of fused-ring (bicyclic) bond motifs is 1. The third-order valence-corrected chi connectivity index (χ3v) is 4.07. The van der Waals surface area contributed by atoms with Crippen LogP contribution in [0.3, 0.4) is 0 Å². The third kappa shape index (κ3) is 2.62. The topological polar surface area (TPSA) is 53.0 Å². The highest BCUT2D eigenvalue weighted by molar-refractivity contribution is 7.98. The lowest BCUT2D eigenvalue weighted by Crippen LogP contribution is -2.22. The zero-order valence-electron chi connectivity index (χ0n) is 11.4. The highest BCUT2D eigenvalue weighted by Crippen LogP contribution is 2.26. The van der Waals surface area contributed by atoms with Gasteiger partial charge in [-0.2, -0.15) is 0 Å². The van der Waals surface area contributed by atoms with Crippen molar-refractivity contribution in [3.05, 3.63) is 60.2 Å². The van der Waals surface area contributed by atoms with Gasteiger partial charge in [0.05, 0.1) is 17.2 Å². The summed E-state index contributed by atoms with van der Waals surface area (Å²) in [6.45, 7) is 0. The number of carboxylic acids is 1. The second-order valence-corrected chi connectivity index (χ2v) is 5.47.